The van der Waals surface area contributed by atoms with Gasteiger partial charge in [0.2, 0.25) is 5.54 Å². The van der Waals surface area contributed by atoms with Crippen molar-refractivity contribution in [2.75, 3.05) is 9.80 Å². The largest absolute Gasteiger partial charge is 0.456 e. The van der Waals surface area contributed by atoms with E-state index in [9.17, 15) is 0 Å². The molecule has 0 radical (unpaired) electrons. The molecule has 0 amide bonds. The van der Waals surface area contributed by atoms with Crippen LogP contribution in [0.25, 0.3) is 49.9 Å². The highest BCUT2D eigenvalue weighted by atomic mass is 16.5. The molecule has 5 heteroatoms. The lowest BCUT2D eigenvalue weighted by atomic mass is 9.75. The van der Waals surface area contributed by atoms with Gasteiger partial charge in [0.1, 0.15) is 23.2 Å². The third kappa shape index (κ3) is 5.34. The molecule has 67 heavy (non-hydrogen) atoms. The first kappa shape index (κ1) is 40.2. The average Bonchev–Trinajstić information content (AvgIpc) is 3.94. The standard InChI is InChI=1S/C62H57N4O/c1-37-31-53-63(36-47(37)39-21-16-22-40(32-39)59(2,3)4)62-54-49(26-18-28-51(54)67-52-30-29-46-45-23-14-15-25-48(45)66(53)57(46)55(52)62)65-50-27-17-24-44(38-19-12-11-13-20-38)56(50)64(58(62)65)43-34-41(60(5,6)7)33-42(35-43)61(8,9)10/h11-36,58H,1-10H3/q+1. The summed E-state index contributed by atoms with van der Waals surface area (Å²) in [5, 5.41) is 2.47. The van der Waals surface area contributed by atoms with Crippen molar-refractivity contribution in [2.24, 2.45) is 0 Å². The van der Waals surface area contributed by atoms with Crippen molar-refractivity contribution in [3.8, 4) is 39.6 Å². The summed E-state index contributed by atoms with van der Waals surface area (Å²) < 4.78 is 12.5. The van der Waals surface area contributed by atoms with Crippen LogP contribution in [0.1, 0.15) is 95.7 Å². The highest BCUT2D eigenvalue weighted by Gasteiger charge is 2.70. The number of ether oxygens (including phenoxy) is 1. The molecule has 2 atom stereocenters. The van der Waals surface area contributed by atoms with Gasteiger partial charge in [0.15, 0.2) is 11.7 Å². The van der Waals surface area contributed by atoms with E-state index >= 15 is 0 Å². The van der Waals surface area contributed by atoms with Crippen LogP contribution in [0.4, 0.5) is 22.7 Å². The maximum Gasteiger partial charge on any atom is 0.288 e. The van der Waals surface area contributed by atoms with Gasteiger partial charge in [-0.1, -0.05) is 153 Å². The molecule has 9 aromatic rings. The van der Waals surface area contributed by atoms with Gasteiger partial charge in [0, 0.05) is 33.7 Å². The van der Waals surface area contributed by atoms with Crippen LogP contribution in [-0.4, -0.2) is 10.7 Å². The molecule has 5 nitrogen and oxygen atoms in total. The third-order valence-electron chi connectivity index (χ3n) is 15.4. The first-order valence-electron chi connectivity index (χ1n) is 24.0. The molecule has 2 unspecified atom stereocenters. The van der Waals surface area contributed by atoms with Crippen LogP contribution < -0.4 is 19.1 Å². The molecule has 330 valence electrons. The molecule has 6 heterocycles. The lowest BCUT2D eigenvalue weighted by Crippen LogP contribution is -2.70. The summed E-state index contributed by atoms with van der Waals surface area (Å²) in [5.74, 6) is 2.95. The summed E-state index contributed by atoms with van der Waals surface area (Å²) in [6.45, 7) is 23.3. The Bertz CT molecular complexity index is 3560. The van der Waals surface area contributed by atoms with E-state index in [0.29, 0.717) is 0 Å². The van der Waals surface area contributed by atoms with E-state index in [1.54, 1.807) is 0 Å². The molecule has 13 rings (SSSR count). The van der Waals surface area contributed by atoms with Crippen molar-refractivity contribution in [2.45, 2.75) is 97.2 Å². The van der Waals surface area contributed by atoms with Gasteiger partial charge >= 0.3 is 0 Å². The van der Waals surface area contributed by atoms with Crippen molar-refractivity contribution >= 4 is 44.6 Å². The van der Waals surface area contributed by atoms with Crippen molar-refractivity contribution in [1.82, 2.24) is 4.57 Å². The molecule has 1 spiro atoms. The Labute approximate surface area is 394 Å². The first-order valence-corrected chi connectivity index (χ1v) is 24.0. The second-order valence-electron chi connectivity index (χ2n) is 22.6. The summed E-state index contributed by atoms with van der Waals surface area (Å²) in [7, 11) is 0. The zero-order valence-corrected chi connectivity index (χ0v) is 40.3. The molecule has 0 saturated carbocycles. The van der Waals surface area contributed by atoms with Crippen molar-refractivity contribution in [3.05, 3.63) is 191 Å². The van der Waals surface area contributed by atoms with E-state index in [4.69, 9.17) is 4.74 Å². The maximum atomic E-state index is 7.28. The van der Waals surface area contributed by atoms with Gasteiger partial charge in [0.05, 0.1) is 28.2 Å². The van der Waals surface area contributed by atoms with Crippen LogP contribution in [0.3, 0.4) is 0 Å². The fourth-order valence-electron chi connectivity index (χ4n) is 12.1. The highest BCUT2D eigenvalue weighted by molar-refractivity contribution is 6.12. The Morgan fingerprint density at radius 1 is 0.522 bits per heavy atom. The number of para-hydroxylation sites is 2. The van der Waals surface area contributed by atoms with E-state index < -0.39 is 5.54 Å². The molecule has 4 aliphatic rings. The van der Waals surface area contributed by atoms with Crippen molar-refractivity contribution < 1.29 is 9.30 Å². The molecular weight excluding hydrogens is 817 g/mol. The molecule has 2 aromatic heterocycles. The average molecular weight is 874 g/mol. The Kier molecular flexibility index (Phi) is 7.97. The van der Waals surface area contributed by atoms with Crippen LogP contribution in [0.2, 0.25) is 0 Å². The topological polar surface area (TPSA) is 24.5 Å². The maximum absolute atomic E-state index is 7.28. The number of rotatable bonds is 3. The minimum absolute atomic E-state index is 0.00591. The third-order valence-corrected chi connectivity index (χ3v) is 15.4. The smallest absolute Gasteiger partial charge is 0.288 e. The molecule has 0 aliphatic carbocycles. The van der Waals surface area contributed by atoms with E-state index in [2.05, 4.69) is 246 Å². The monoisotopic (exact) mass is 873 g/mol. The summed E-state index contributed by atoms with van der Waals surface area (Å²) >= 11 is 0. The van der Waals surface area contributed by atoms with Crippen LogP contribution in [-0.2, 0) is 21.8 Å². The number of benzene rings is 7. The summed E-state index contributed by atoms with van der Waals surface area (Å²) in [5.41, 5.74) is 18.6. The van der Waals surface area contributed by atoms with Gasteiger partial charge in [-0.25, -0.2) is 4.57 Å². The number of hydrogen-bond acceptors (Lipinski definition) is 3. The summed E-state index contributed by atoms with van der Waals surface area (Å²) in [4.78, 5) is 5.42. The predicted octanol–water partition coefficient (Wildman–Crippen LogP) is 15.4. The van der Waals surface area contributed by atoms with Gasteiger partial charge in [-0.05, 0) is 111 Å². The van der Waals surface area contributed by atoms with Gasteiger partial charge in [-0.3, -0.25) is 0 Å². The van der Waals surface area contributed by atoms with Gasteiger partial charge in [0.25, 0.3) is 5.82 Å². The quantitative estimate of drug-likeness (QED) is 0.165. The Balaban J connectivity index is 1.23. The molecule has 0 saturated heterocycles. The van der Waals surface area contributed by atoms with Gasteiger partial charge in [-0.2, -0.15) is 4.57 Å². The SMILES string of the molecule is Cc1cc2[n+](cc1-c1cccc(C(C)(C)C)c1)C13c4c(cccc4N4c5cccc(-c6ccccc6)c5N(c5cc(C(C)(C)C)cc(C(C)(C)C)c5)C41)Oc1ccc4c5ccccc5n-2c4c13. The van der Waals surface area contributed by atoms with Gasteiger partial charge in [-0.15, -0.1) is 0 Å². The summed E-state index contributed by atoms with van der Waals surface area (Å²) in [6.07, 6.45) is 2.22. The normalized spacial score (nSPS) is 17.7. The van der Waals surface area contributed by atoms with E-state index in [-0.39, 0.29) is 22.4 Å². The predicted molar refractivity (Wildman–Crippen MR) is 276 cm³/mol. The Morgan fingerprint density at radius 3 is 1.93 bits per heavy atom. The molecule has 0 fully saturated rings. The minimum Gasteiger partial charge on any atom is -0.456 e. The lowest BCUT2D eigenvalue weighted by molar-refractivity contribution is -0.740. The number of aromatic nitrogens is 2. The molecule has 4 aliphatic heterocycles. The second kappa shape index (κ2) is 13.3. The van der Waals surface area contributed by atoms with Crippen LogP contribution >= 0.6 is 0 Å². The van der Waals surface area contributed by atoms with Crippen molar-refractivity contribution in [3.63, 3.8) is 0 Å². The number of pyridine rings is 1. The number of nitrogens with zero attached hydrogens (tertiary/aromatic N) is 4. The molecule has 0 N–H and O–H groups in total. The number of anilines is 4. The summed E-state index contributed by atoms with van der Waals surface area (Å²) in [6, 6.07) is 57.3. The van der Waals surface area contributed by atoms with E-state index in [1.807, 2.05) is 0 Å². The Hall–Kier alpha value is -7.11. The molecule has 7 aromatic carbocycles. The fraction of sp³-hybridized carbons (Fsp3) is 0.242. The zero-order valence-electron chi connectivity index (χ0n) is 40.3. The lowest BCUT2D eigenvalue weighted by Gasteiger charge is -2.45. The molecule has 0 bridgehead atoms. The number of aryl methyl sites for hydroxylation is 1. The Morgan fingerprint density at radius 2 is 1.18 bits per heavy atom. The zero-order chi connectivity index (χ0) is 46.1. The van der Waals surface area contributed by atoms with Crippen LogP contribution in [0.5, 0.6) is 11.5 Å². The van der Waals surface area contributed by atoms with Gasteiger partial charge < -0.3 is 14.5 Å². The van der Waals surface area contributed by atoms with Crippen LogP contribution in [0, 0.1) is 6.92 Å². The highest BCUT2D eigenvalue weighted by Crippen LogP contribution is 2.68. The number of hydrogen-bond donors (Lipinski definition) is 0. The van der Waals surface area contributed by atoms with E-state index in [1.165, 1.54) is 100 Å². The second-order valence-corrected chi connectivity index (χ2v) is 22.6. The van der Waals surface area contributed by atoms with Crippen LogP contribution in [0.15, 0.2) is 158 Å². The number of fused-ring (bicyclic) bond motifs is 9. The minimum atomic E-state index is -0.810. The molecular formula is C62H57N4O+. The fourth-order valence-corrected chi connectivity index (χ4v) is 12.1. The first-order chi connectivity index (χ1) is 32.0. The van der Waals surface area contributed by atoms with E-state index in [0.717, 1.165) is 17.3 Å². The van der Waals surface area contributed by atoms with Crippen molar-refractivity contribution in [1.29, 1.82) is 0 Å².